The number of hydrogen-bond donors (Lipinski definition) is 1. The van der Waals surface area contributed by atoms with Crippen LogP contribution in [0.5, 0.6) is 0 Å². The third-order valence-corrected chi connectivity index (χ3v) is 6.89. The monoisotopic (exact) mass is 486 g/mol. The van der Waals surface area contributed by atoms with Crippen LogP contribution in [0.1, 0.15) is 32.0 Å². The van der Waals surface area contributed by atoms with Crippen LogP contribution in [0.3, 0.4) is 0 Å². The van der Waals surface area contributed by atoms with Crippen molar-refractivity contribution in [1.29, 1.82) is 5.26 Å². The predicted octanol–water partition coefficient (Wildman–Crippen LogP) is 4.84. The molecule has 0 aliphatic rings. The summed E-state index contributed by atoms with van der Waals surface area (Å²) < 4.78 is 28.1. The van der Waals surface area contributed by atoms with Crippen LogP contribution in [0.2, 0.25) is 5.02 Å². The molecule has 0 unspecified atom stereocenters. The molecule has 3 rings (SSSR count). The van der Waals surface area contributed by atoms with Gasteiger partial charge in [0.25, 0.3) is 10.0 Å². The van der Waals surface area contributed by atoms with E-state index >= 15 is 0 Å². The summed E-state index contributed by atoms with van der Waals surface area (Å²) in [6, 6.07) is 12.8. The lowest BCUT2D eigenvalue weighted by Crippen LogP contribution is -2.36. The average Bonchev–Trinajstić information content (AvgIpc) is 3.17. The minimum atomic E-state index is -4.16. The normalized spacial score (nSPS) is 11.7. The molecule has 0 atom stereocenters. The summed E-state index contributed by atoms with van der Waals surface area (Å²) in [5.41, 5.74) is 0.683. The van der Waals surface area contributed by atoms with E-state index in [-0.39, 0.29) is 39.8 Å². The molecule has 172 valence electrons. The predicted molar refractivity (Wildman–Crippen MR) is 124 cm³/mol. The fourth-order valence-corrected chi connectivity index (χ4v) is 5.31. The van der Waals surface area contributed by atoms with Gasteiger partial charge in [-0.2, -0.15) is 5.26 Å². The van der Waals surface area contributed by atoms with E-state index in [1.807, 2.05) is 26.8 Å². The van der Waals surface area contributed by atoms with Gasteiger partial charge in [0.1, 0.15) is 16.7 Å². The van der Waals surface area contributed by atoms with Gasteiger partial charge in [0.2, 0.25) is 0 Å². The highest BCUT2D eigenvalue weighted by atomic mass is 35.5. The number of rotatable bonds is 6. The lowest BCUT2D eigenvalue weighted by atomic mass is 9.96. The van der Waals surface area contributed by atoms with Crippen LogP contribution in [-0.4, -0.2) is 40.0 Å². The van der Waals surface area contributed by atoms with Crippen molar-refractivity contribution in [3.8, 4) is 17.3 Å². The summed E-state index contributed by atoms with van der Waals surface area (Å²) in [4.78, 5) is 17.0. The molecule has 0 saturated heterocycles. The van der Waals surface area contributed by atoms with E-state index in [1.54, 1.807) is 30.3 Å². The smallest absolute Gasteiger partial charge is 0.407 e. The van der Waals surface area contributed by atoms with E-state index < -0.39 is 16.1 Å². The number of benzene rings is 1. The second-order valence-corrected chi connectivity index (χ2v) is 10.9. The maximum atomic E-state index is 13.6. The molecule has 3 aromatic rings. The number of hydrogen-bond acceptors (Lipinski definition) is 5. The van der Waals surface area contributed by atoms with Crippen LogP contribution >= 0.6 is 11.6 Å². The first kappa shape index (κ1) is 24.3. The summed E-state index contributed by atoms with van der Waals surface area (Å²) >= 11 is 6.18. The Morgan fingerprint density at radius 2 is 1.94 bits per heavy atom. The fourth-order valence-electron chi connectivity index (χ4n) is 3.42. The van der Waals surface area contributed by atoms with Gasteiger partial charge in [-0.25, -0.2) is 22.2 Å². The molecule has 8 nitrogen and oxygen atoms in total. The largest absolute Gasteiger partial charge is 0.465 e. The number of pyridine rings is 1. The van der Waals surface area contributed by atoms with Crippen LogP contribution in [0.25, 0.3) is 11.3 Å². The number of halogens is 1. The number of carboxylic acid groups (broad SMARTS) is 1. The topological polar surface area (TPSA) is 116 Å². The van der Waals surface area contributed by atoms with E-state index in [9.17, 15) is 23.6 Å². The molecule has 0 saturated carbocycles. The van der Waals surface area contributed by atoms with Crippen molar-refractivity contribution < 1.29 is 18.3 Å². The van der Waals surface area contributed by atoms with Crippen molar-refractivity contribution >= 4 is 27.7 Å². The summed E-state index contributed by atoms with van der Waals surface area (Å²) in [5.74, 6) is 0. The molecule has 2 heterocycles. The van der Waals surface area contributed by atoms with Gasteiger partial charge in [-0.15, -0.1) is 0 Å². The third kappa shape index (κ3) is 5.35. The van der Waals surface area contributed by atoms with Gasteiger partial charge >= 0.3 is 6.09 Å². The van der Waals surface area contributed by atoms with Crippen molar-refractivity contribution in [2.45, 2.75) is 32.2 Å². The zero-order chi connectivity index (χ0) is 24.4. The molecule has 33 heavy (non-hydrogen) atoms. The number of amides is 1. The van der Waals surface area contributed by atoms with Crippen LogP contribution in [0, 0.1) is 16.7 Å². The van der Waals surface area contributed by atoms with Crippen molar-refractivity contribution in [2.24, 2.45) is 5.41 Å². The highest BCUT2D eigenvalue weighted by Crippen LogP contribution is 2.31. The molecule has 1 aromatic carbocycles. The van der Waals surface area contributed by atoms with Crippen molar-refractivity contribution in [3.05, 3.63) is 71.1 Å². The molecule has 0 radical (unpaired) electrons. The molecule has 1 N–H and O–H groups in total. The molecule has 0 spiro atoms. The maximum Gasteiger partial charge on any atom is 0.407 e. The van der Waals surface area contributed by atoms with Crippen LogP contribution < -0.4 is 0 Å². The average molecular weight is 487 g/mol. The standard InChI is InChI=1S/C23H23ClN4O4S/c1-23(2,3)15-27(22(29)30)13-16-11-20(17-7-6-10-26-19(17)12-25)28(14-16)33(31,32)21-9-5-4-8-18(21)24/h4-11,14H,13,15H2,1-3H3,(H,29,30). The van der Waals surface area contributed by atoms with Gasteiger partial charge < -0.3 is 10.0 Å². The van der Waals surface area contributed by atoms with Crippen molar-refractivity contribution in [3.63, 3.8) is 0 Å². The number of nitriles is 1. The third-order valence-electron chi connectivity index (χ3n) is 4.71. The highest BCUT2D eigenvalue weighted by molar-refractivity contribution is 7.90. The van der Waals surface area contributed by atoms with Gasteiger partial charge in [0, 0.05) is 24.5 Å². The molecule has 2 aromatic heterocycles. The lowest BCUT2D eigenvalue weighted by Gasteiger charge is -2.27. The SMILES string of the molecule is CC(C)(C)CN(Cc1cc(-c2cccnc2C#N)n(S(=O)(=O)c2ccccc2Cl)c1)C(=O)O. The second-order valence-electron chi connectivity index (χ2n) is 8.68. The molecule has 10 heteroatoms. The highest BCUT2D eigenvalue weighted by Gasteiger charge is 2.27. The summed E-state index contributed by atoms with van der Waals surface area (Å²) in [7, 11) is -4.16. The Hall–Kier alpha value is -3.35. The summed E-state index contributed by atoms with van der Waals surface area (Å²) in [6.45, 7) is 5.95. The van der Waals surface area contributed by atoms with Gasteiger partial charge in [0.05, 0.1) is 17.3 Å². The first-order valence-corrected chi connectivity index (χ1v) is 11.8. The molecular formula is C23H23ClN4O4S. The van der Waals surface area contributed by atoms with Crippen molar-refractivity contribution in [1.82, 2.24) is 13.9 Å². The van der Waals surface area contributed by atoms with Gasteiger partial charge in [0.15, 0.2) is 0 Å². The quantitative estimate of drug-likeness (QED) is 0.533. The first-order valence-electron chi connectivity index (χ1n) is 9.99. The first-order chi connectivity index (χ1) is 15.4. The summed E-state index contributed by atoms with van der Waals surface area (Å²) in [6.07, 6.45) is 1.68. The van der Waals surface area contributed by atoms with E-state index in [0.29, 0.717) is 11.1 Å². The Labute approximate surface area is 197 Å². The zero-order valence-corrected chi connectivity index (χ0v) is 19.9. The number of aromatic nitrogens is 2. The molecule has 0 bridgehead atoms. The van der Waals surface area contributed by atoms with Gasteiger partial charge in [-0.05, 0) is 41.3 Å². The van der Waals surface area contributed by atoms with E-state index in [1.165, 1.54) is 29.4 Å². The van der Waals surface area contributed by atoms with E-state index in [0.717, 1.165) is 3.97 Å². The Kier molecular flexibility index (Phi) is 6.81. The Morgan fingerprint density at radius 1 is 1.24 bits per heavy atom. The number of carbonyl (C=O) groups is 1. The fraction of sp³-hybridized carbons (Fsp3) is 0.261. The molecule has 0 aliphatic heterocycles. The molecule has 0 fully saturated rings. The maximum absolute atomic E-state index is 13.6. The molecule has 0 aliphatic carbocycles. The summed E-state index contributed by atoms with van der Waals surface area (Å²) in [5, 5.41) is 19.2. The minimum absolute atomic E-state index is 0.0349. The van der Waals surface area contributed by atoms with E-state index in [2.05, 4.69) is 4.98 Å². The molecule has 1 amide bonds. The van der Waals surface area contributed by atoms with Crippen LogP contribution in [-0.2, 0) is 16.6 Å². The van der Waals surface area contributed by atoms with Crippen LogP contribution in [0.15, 0.2) is 59.8 Å². The zero-order valence-electron chi connectivity index (χ0n) is 18.4. The Bertz CT molecular complexity index is 1340. The lowest BCUT2D eigenvalue weighted by molar-refractivity contribution is 0.123. The van der Waals surface area contributed by atoms with Gasteiger partial charge in [-0.1, -0.05) is 44.5 Å². The molecular weight excluding hydrogens is 464 g/mol. The van der Waals surface area contributed by atoms with Crippen LogP contribution in [0.4, 0.5) is 4.79 Å². The van der Waals surface area contributed by atoms with E-state index in [4.69, 9.17) is 11.6 Å². The van der Waals surface area contributed by atoms with Gasteiger partial charge in [-0.3, -0.25) is 0 Å². The Morgan fingerprint density at radius 3 is 2.55 bits per heavy atom. The minimum Gasteiger partial charge on any atom is -0.465 e. The Balaban J connectivity index is 2.20. The second kappa shape index (κ2) is 9.25. The van der Waals surface area contributed by atoms with Crippen molar-refractivity contribution in [2.75, 3.05) is 6.54 Å². The number of nitrogens with zero attached hydrogens (tertiary/aromatic N) is 4.